The van der Waals surface area contributed by atoms with Crippen LogP contribution >= 0.6 is 23.2 Å². The molecule has 1 atom stereocenters. The number of aromatic nitrogens is 2. The molecule has 0 aliphatic heterocycles. The van der Waals surface area contributed by atoms with E-state index in [0.717, 1.165) is 21.9 Å². The molecule has 1 unspecified atom stereocenters. The van der Waals surface area contributed by atoms with E-state index in [9.17, 15) is 0 Å². The maximum atomic E-state index is 6.40. The van der Waals surface area contributed by atoms with Crippen molar-refractivity contribution < 1.29 is 0 Å². The highest BCUT2D eigenvalue weighted by Crippen LogP contribution is 2.36. The van der Waals surface area contributed by atoms with Gasteiger partial charge in [-0.25, -0.2) is 4.98 Å². The first kappa shape index (κ1) is 15.2. The van der Waals surface area contributed by atoms with Crippen molar-refractivity contribution in [2.24, 2.45) is 0 Å². The van der Waals surface area contributed by atoms with E-state index in [4.69, 9.17) is 28.2 Å². The van der Waals surface area contributed by atoms with Crippen LogP contribution < -0.4 is 0 Å². The maximum Gasteiger partial charge on any atom is 0.128 e. The van der Waals surface area contributed by atoms with E-state index in [2.05, 4.69) is 10.6 Å². The van der Waals surface area contributed by atoms with Crippen LogP contribution in [0.1, 0.15) is 69.1 Å². The summed E-state index contributed by atoms with van der Waals surface area (Å²) in [6.45, 7) is 2.00. The lowest BCUT2D eigenvalue weighted by Gasteiger charge is -2.24. The number of hydrogen-bond acceptors (Lipinski definition) is 1. The number of fused-ring (bicyclic) bond motifs is 1. The van der Waals surface area contributed by atoms with E-state index in [1.807, 2.05) is 19.1 Å². The average molecular weight is 325 g/mol. The second-order valence-electron chi connectivity index (χ2n) is 6.06. The number of benzene rings is 1. The Morgan fingerprint density at radius 2 is 1.81 bits per heavy atom. The highest BCUT2D eigenvalue weighted by Gasteiger charge is 2.23. The van der Waals surface area contributed by atoms with Crippen molar-refractivity contribution in [1.29, 1.82) is 0 Å². The summed E-state index contributed by atoms with van der Waals surface area (Å²) in [5.74, 6) is 0.963. The van der Waals surface area contributed by atoms with Gasteiger partial charge in [-0.1, -0.05) is 49.8 Å². The normalized spacial score (nSPS) is 19.4. The smallest absolute Gasteiger partial charge is 0.128 e. The van der Waals surface area contributed by atoms with Crippen molar-refractivity contribution in [2.45, 2.75) is 63.3 Å². The molecule has 1 aliphatic rings. The van der Waals surface area contributed by atoms with Crippen LogP contribution in [0.4, 0.5) is 0 Å². The maximum absolute atomic E-state index is 6.40. The molecule has 2 nitrogen and oxygen atoms in total. The van der Waals surface area contributed by atoms with Gasteiger partial charge in [0.15, 0.2) is 0 Å². The van der Waals surface area contributed by atoms with Crippen LogP contribution in [-0.4, -0.2) is 9.55 Å². The molecular formula is C17H22Cl2N2. The number of rotatable bonds is 2. The lowest BCUT2D eigenvalue weighted by molar-refractivity contribution is 0.371. The number of hydrogen-bond donors (Lipinski definition) is 0. The Kier molecular flexibility index (Phi) is 4.75. The molecule has 0 radical (unpaired) electrons. The third-order valence-electron chi connectivity index (χ3n) is 4.49. The summed E-state index contributed by atoms with van der Waals surface area (Å²) in [4.78, 5) is 4.74. The van der Waals surface area contributed by atoms with E-state index >= 15 is 0 Å². The minimum absolute atomic E-state index is 0.0982. The van der Waals surface area contributed by atoms with E-state index < -0.39 is 0 Å². The third-order valence-corrected chi connectivity index (χ3v) is 4.99. The van der Waals surface area contributed by atoms with Gasteiger partial charge in [-0.05, 0) is 31.9 Å². The summed E-state index contributed by atoms with van der Waals surface area (Å²) in [7, 11) is 0. The Balaban J connectivity index is 2.09. The van der Waals surface area contributed by atoms with Crippen molar-refractivity contribution in [3.63, 3.8) is 0 Å². The van der Waals surface area contributed by atoms with Gasteiger partial charge in [-0.15, -0.1) is 11.6 Å². The fourth-order valence-corrected chi connectivity index (χ4v) is 3.82. The lowest BCUT2D eigenvalue weighted by atomic mass is 9.96. The van der Waals surface area contributed by atoms with Crippen LogP contribution in [0.25, 0.3) is 11.0 Å². The largest absolute Gasteiger partial charge is 0.324 e. The van der Waals surface area contributed by atoms with Crippen molar-refractivity contribution in [3.8, 4) is 0 Å². The highest BCUT2D eigenvalue weighted by atomic mass is 35.5. The zero-order chi connectivity index (χ0) is 14.8. The van der Waals surface area contributed by atoms with Crippen molar-refractivity contribution in [1.82, 2.24) is 9.55 Å². The summed E-state index contributed by atoms with van der Waals surface area (Å²) in [6.07, 6.45) is 9.08. The minimum Gasteiger partial charge on any atom is -0.324 e. The fourth-order valence-electron chi connectivity index (χ4n) is 3.46. The van der Waals surface area contributed by atoms with Gasteiger partial charge in [-0.2, -0.15) is 0 Å². The zero-order valence-corrected chi connectivity index (χ0v) is 14.0. The van der Waals surface area contributed by atoms with Gasteiger partial charge in [-0.3, -0.25) is 0 Å². The molecule has 4 heteroatoms. The molecular weight excluding hydrogens is 303 g/mol. The molecule has 1 aliphatic carbocycles. The van der Waals surface area contributed by atoms with Gasteiger partial charge < -0.3 is 4.57 Å². The SMILES string of the molecule is CC(Cl)c1nc2c(Cl)cccc2n1C1CCCCCCC1. The Morgan fingerprint density at radius 1 is 1.14 bits per heavy atom. The molecule has 0 spiro atoms. The molecule has 0 N–H and O–H groups in total. The topological polar surface area (TPSA) is 17.8 Å². The van der Waals surface area contributed by atoms with Crippen LogP contribution in [0.2, 0.25) is 5.02 Å². The van der Waals surface area contributed by atoms with Crippen molar-refractivity contribution in [2.75, 3.05) is 0 Å². The molecule has 1 heterocycles. The van der Waals surface area contributed by atoms with Gasteiger partial charge in [0.25, 0.3) is 0 Å². The van der Waals surface area contributed by atoms with Gasteiger partial charge in [0.2, 0.25) is 0 Å². The second kappa shape index (κ2) is 6.58. The third kappa shape index (κ3) is 3.07. The fraction of sp³-hybridized carbons (Fsp3) is 0.588. The van der Waals surface area contributed by atoms with Crippen LogP contribution in [0.3, 0.4) is 0 Å². The summed E-state index contributed by atoms with van der Waals surface area (Å²) < 4.78 is 2.37. The number of para-hydroxylation sites is 1. The Bertz CT molecular complexity index is 611. The Labute approximate surface area is 136 Å². The van der Waals surface area contributed by atoms with E-state index in [0.29, 0.717) is 6.04 Å². The first-order valence-electron chi connectivity index (χ1n) is 7.99. The average Bonchev–Trinajstić information content (AvgIpc) is 2.80. The zero-order valence-electron chi connectivity index (χ0n) is 12.5. The monoisotopic (exact) mass is 324 g/mol. The summed E-state index contributed by atoms with van der Waals surface area (Å²) in [5, 5.41) is 0.620. The van der Waals surface area contributed by atoms with E-state index in [-0.39, 0.29) is 5.38 Å². The van der Waals surface area contributed by atoms with Crippen LogP contribution in [0, 0.1) is 0 Å². The highest BCUT2D eigenvalue weighted by molar-refractivity contribution is 6.35. The number of nitrogens with zero attached hydrogens (tertiary/aromatic N) is 2. The molecule has 1 fully saturated rings. The first-order valence-corrected chi connectivity index (χ1v) is 8.80. The van der Waals surface area contributed by atoms with Crippen LogP contribution in [-0.2, 0) is 0 Å². The van der Waals surface area contributed by atoms with Crippen LogP contribution in [0.5, 0.6) is 0 Å². The molecule has 21 heavy (non-hydrogen) atoms. The Hall–Kier alpha value is -0.730. The first-order chi connectivity index (χ1) is 10.2. The molecule has 1 saturated carbocycles. The lowest BCUT2D eigenvalue weighted by Crippen LogP contribution is -2.14. The standard InChI is InChI=1S/C17H22Cl2N2/c1-12(18)17-20-16-14(19)10-7-11-15(16)21(17)13-8-5-3-2-4-6-9-13/h7,10-13H,2-6,8-9H2,1H3. The predicted octanol–water partition coefficient (Wildman–Crippen LogP) is 6.27. The number of imidazole rings is 1. The summed E-state index contributed by atoms with van der Waals surface area (Å²) >= 11 is 12.7. The predicted molar refractivity (Wildman–Crippen MR) is 90.4 cm³/mol. The van der Waals surface area contributed by atoms with Crippen molar-refractivity contribution in [3.05, 3.63) is 29.0 Å². The van der Waals surface area contributed by atoms with Gasteiger partial charge in [0, 0.05) is 6.04 Å². The summed E-state index contributed by atoms with van der Waals surface area (Å²) in [5.41, 5.74) is 2.03. The van der Waals surface area contributed by atoms with E-state index in [1.165, 1.54) is 44.9 Å². The molecule has 2 aromatic rings. The quantitative estimate of drug-likeness (QED) is 0.595. The second-order valence-corrected chi connectivity index (χ2v) is 7.12. The molecule has 0 amide bonds. The molecule has 0 bridgehead atoms. The molecule has 3 rings (SSSR count). The van der Waals surface area contributed by atoms with Crippen molar-refractivity contribution >= 4 is 34.2 Å². The van der Waals surface area contributed by atoms with Gasteiger partial charge in [0.1, 0.15) is 11.3 Å². The Morgan fingerprint density at radius 3 is 2.48 bits per heavy atom. The number of halogens is 2. The molecule has 1 aromatic heterocycles. The summed E-state index contributed by atoms with van der Waals surface area (Å²) in [6, 6.07) is 6.54. The van der Waals surface area contributed by atoms with E-state index in [1.54, 1.807) is 0 Å². The van der Waals surface area contributed by atoms with Crippen LogP contribution in [0.15, 0.2) is 18.2 Å². The van der Waals surface area contributed by atoms with Gasteiger partial charge >= 0.3 is 0 Å². The molecule has 0 saturated heterocycles. The number of alkyl halides is 1. The molecule has 1 aromatic carbocycles. The minimum atomic E-state index is -0.0982. The van der Waals surface area contributed by atoms with Gasteiger partial charge in [0.05, 0.1) is 15.9 Å². The molecule has 114 valence electrons.